The highest BCUT2D eigenvalue weighted by Gasteiger charge is 2.42. The van der Waals surface area contributed by atoms with E-state index in [9.17, 15) is 27.6 Å². The molecule has 4 fully saturated rings. The number of imide groups is 1. The first-order valence-corrected chi connectivity index (χ1v) is 22.5. The van der Waals surface area contributed by atoms with Crippen molar-refractivity contribution in [2.24, 2.45) is 7.05 Å². The fourth-order valence-corrected chi connectivity index (χ4v) is 11.3. The number of morpholine rings is 1. The summed E-state index contributed by atoms with van der Waals surface area (Å²) in [5, 5.41) is 6.41. The first-order valence-electron chi connectivity index (χ1n) is 21.1. The Balaban J connectivity index is 0.821. The number of benzene rings is 2. The van der Waals surface area contributed by atoms with Crippen LogP contribution in [0.5, 0.6) is 0 Å². The highest BCUT2D eigenvalue weighted by Crippen LogP contribution is 2.35. The van der Waals surface area contributed by atoms with Crippen LogP contribution in [-0.4, -0.2) is 98.0 Å². The number of aryl methyl sites for hydroxylation is 3. The fraction of sp³-hybridized carbons (Fsp3) is 0.488. The molecule has 2 amide bonds. The summed E-state index contributed by atoms with van der Waals surface area (Å²) in [5.41, 5.74) is 3.73. The van der Waals surface area contributed by atoms with Crippen LogP contribution in [0.4, 0.5) is 11.6 Å². The Morgan fingerprint density at radius 1 is 0.967 bits per heavy atom. The van der Waals surface area contributed by atoms with Crippen molar-refractivity contribution in [3.63, 3.8) is 0 Å². The first kappa shape index (κ1) is 40.2. The standard InChI is InChI=1S/C43H51N9O7S/c1-28-25-32(13-14-33(28)45-41-44-26-30-12-17-37(54)51(39(30)47-41)31-9-3-4-10-31)60(57,58)50-21-18-43(19-22-50)27-49(23-24-59-43)20-6-8-29-7-5-11-34-38(29)48(2)42(56)52(34)35-15-16-36(53)46-40(35)55/h5,7,11-14,17,25-26,31,35H,3-4,6,8-10,15-16,18-24,27H2,1-2H3,(H,44,45,47)(H,46,53,55). The molecule has 316 valence electrons. The summed E-state index contributed by atoms with van der Waals surface area (Å²) < 4.78 is 40.8. The van der Waals surface area contributed by atoms with E-state index < -0.39 is 27.6 Å². The second kappa shape index (κ2) is 16.0. The number of ether oxygens (including phenoxy) is 1. The van der Waals surface area contributed by atoms with Gasteiger partial charge in [0.25, 0.3) is 5.56 Å². The van der Waals surface area contributed by atoms with Crippen LogP contribution in [0.3, 0.4) is 0 Å². The molecule has 3 aliphatic heterocycles. The van der Waals surface area contributed by atoms with E-state index in [4.69, 9.17) is 9.72 Å². The first-order chi connectivity index (χ1) is 28.9. The molecule has 1 atom stereocenters. The van der Waals surface area contributed by atoms with E-state index >= 15 is 0 Å². The highest BCUT2D eigenvalue weighted by molar-refractivity contribution is 7.89. The van der Waals surface area contributed by atoms with Crippen molar-refractivity contribution in [2.75, 3.05) is 44.6 Å². The van der Waals surface area contributed by atoms with Crippen LogP contribution in [0.1, 0.15) is 81.0 Å². The molecule has 1 unspecified atom stereocenters. The number of nitrogens with one attached hydrogen (secondary N) is 2. The monoisotopic (exact) mass is 837 g/mol. The predicted octanol–water partition coefficient (Wildman–Crippen LogP) is 4.08. The maximum Gasteiger partial charge on any atom is 0.329 e. The second-order valence-corrected chi connectivity index (χ2v) is 18.8. The molecule has 6 heterocycles. The quantitative estimate of drug-likeness (QED) is 0.194. The Hall–Kier alpha value is -5.23. The van der Waals surface area contributed by atoms with Gasteiger partial charge >= 0.3 is 5.69 Å². The van der Waals surface area contributed by atoms with Gasteiger partial charge in [-0.15, -0.1) is 0 Å². The fourth-order valence-electron chi connectivity index (χ4n) is 9.82. The van der Waals surface area contributed by atoms with E-state index in [1.165, 1.54) is 4.57 Å². The summed E-state index contributed by atoms with van der Waals surface area (Å²) >= 11 is 0. The van der Waals surface area contributed by atoms with E-state index in [2.05, 4.69) is 20.5 Å². The zero-order valence-electron chi connectivity index (χ0n) is 34.1. The van der Waals surface area contributed by atoms with Gasteiger partial charge in [-0.2, -0.15) is 9.29 Å². The lowest BCUT2D eigenvalue weighted by atomic mass is 9.90. The van der Waals surface area contributed by atoms with Crippen LogP contribution in [0.25, 0.3) is 22.1 Å². The van der Waals surface area contributed by atoms with Gasteiger partial charge in [0.1, 0.15) is 11.7 Å². The maximum absolute atomic E-state index is 14.0. The number of imidazole rings is 1. The number of rotatable bonds is 10. The smallest absolute Gasteiger partial charge is 0.329 e. The summed E-state index contributed by atoms with van der Waals surface area (Å²) in [7, 11) is -2.04. The molecule has 4 aliphatic rings. The molecule has 1 aliphatic carbocycles. The molecule has 0 bridgehead atoms. The van der Waals surface area contributed by atoms with Gasteiger partial charge < -0.3 is 10.1 Å². The van der Waals surface area contributed by atoms with Crippen LogP contribution in [0.2, 0.25) is 0 Å². The Morgan fingerprint density at radius 3 is 2.53 bits per heavy atom. The average molecular weight is 838 g/mol. The zero-order chi connectivity index (χ0) is 41.8. The molecule has 17 heteroatoms. The van der Waals surface area contributed by atoms with Crippen LogP contribution < -0.4 is 21.9 Å². The number of nitrogens with zero attached hydrogens (tertiary/aromatic N) is 7. The Kier molecular flexibility index (Phi) is 10.7. The van der Waals surface area contributed by atoms with Gasteiger partial charge in [-0.1, -0.05) is 25.0 Å². The Bertz CT molecular complexity index is 2730. The summed E-state index contributed by atoms with van der Waals surface area (Å²) in [5.74, 6) is -0.428. The van der Waals surface area contributed by atoms with Crippen LogP contribution in [0.15, 0.2) is 69.2 Å². The minimum atomic E-state index is -3.77. The number of hydrogen-bond acceptors (Lipinski definition) is 11. The van der Waals surface area contributed by atoms with Gasteiger partial charge in [0.15, 0.2) is 0 Å². The normalized spacial score (nSPS) is 20.7. The van der Waals surface area contributed by atoms with Crippen molar-refractivity contribution in [1.82, 2.24) is 38.2 Å². The summed E-state index contributed by atoms with van der Waals surface area (Å²) in [6.45, 7) is 5.43. The highest BCUT2D eigenvalue weighted by atomic mass is 32.2. The molecule has 2 N–H and O–H groups in total. The second-order valence-electron chi connectivity index (χ2n) is 16.8. The third-order valence-corrected chi connectivity index (χ3v) is 14.9. The molecule has 0 radical (unpaired) electrons. The summed E-state index contributed by atoms with van der Waals surface area (Å²) in [6, 6.07) is 13.6. The maximum atomic E-state index is 14.0. The zero-order valence-corrected chi connectivity index (χ0v) is 34.9. The predicted molar refractivity (Wildman–Crippen MR) is 226 cm³/mol. The number of piperidine rings is 2. The topological polar surface area (TPSA) is 183 Å². The van der Waals surface area contributed by atoms with Crippen molar-refractivity contribution in [1.29, 1.82) is 0 Å². The number of carbonyl (C=O) groups excluding carboxylic acids is 2. The number of para-hydroxylation sites is 1. The lowest BCUT2D eigenvalue weighted by molar-refractivity contribution is -0.135. The molecule has 1 saturated carbocycles. The molecule has 3 saturated heterocycles. The number of sulfonamides is 1. The largest absolute Gasteiger partial charge is 0.372 e. The number of fused-ring (bicyclic) bond motifs is 2. The SMILES string of the molecule is Cc1cc(S(=O)(=O)N2CCC3(CC2)CN(CCCc2cccc4c2n(C)c(=O)n4C2CCC(=O)NC2=O)CCO3)ccc1Nc1ncc2ccc(=O)n(C3CCCC3)c2n1. The number of aromatic nitrogens is 5. The van der Waals surface area contributed by atoms with Crippen LogP contribution in [-0.2, 0) is 37.8 Å². The Morgan fingerprint density at radius 2 is 1.77 bits per heavy atom. The molecule has 3 aromatic heterocycles. The number of hydrogen-bond donors (Lipinski definition) is 2. The Labute approximate surface area is 347 Å². The minimum Gasteiger partial charge on any atom is -0.372 e. The molecular formula is C43H51N9O7S. The third-order valence-electron chi connectivity index (χ3n) is 13.0. The summed E-state index contributed by atoms with van der Waals surface area (Å²) in [4.78, 5) is 62.6. The number of amides is 2. The molecule has 60 heavy (non-hydrogen) atoms. The van der Waals surface area contributed by atoms with Crippen LogP contribution in [0, 0.1) is 6.92 Å². The van der Waals surface area contributed by atoms with E-state index in [-0.39, 0.29) is 40.9 Å². The van der Waals surface area contributed by atoms with Gasteiger partial charge in [-0.3, -0.25) is 38.3 Å². The minimum absolute atomic E-state index is 0.0694. The average Bonchev–Trinajstić information content (AvgIpc) is 3.85. The number of pyridine rings is 1. The van der Waals surface area contributed by atoms with Crippen molar-refractivity contribution < 1.29 is 22.7 Å². The molecule has 5 aromatic rings. The summed E-state index contributed by atoms with van der Waals surface area (Å²) in [6.07, 6.45) is 9.00. The third kappa shape index (κ3) is 7.45. The van der Waals surface area contributed by atoms with Crippen molar-refractivity contribution in [2.45, 2.75) is 93.7 Å². The molecule has 9 rings (SSSR count). The van der Waals surface area contributed by atoms with Gasteiger partial charge in [0.05, 0.1) is 28.1 Å². The van der Waals surface area contributed by atoms with Gasteiger partial charge in [0.2, 0.25) is 27.8 Å². The van der Waals surface area contributed by atoms with E-state index in [1.54, 1.807) is 57.0 Å². The molecular weight excluding hydrogens is 787 g/mol. The lowest BCUT2D eigenvalue weighted by Crippen LogP contribution is -2.57. The van der Waals surface area contributed by atoms with Crippen molar-refractivity contribution >= 4 is 55.5 Å². The van der Waals surface area contributed by atoms with Crippen molar-refractivity contribution in [3.05, 3.63) is 86.7 Å². The number of carbonyl (C=O) groups is 2. The number of anilines is 2. The molecule has 16 nitrogen and oxygen atoms in total. The molecule has 2 aromatic carbocycles. The van der Waals surface area contributed by atoms with E-state index in [0.717, 1.165) is 73.6 Å². The van der Waals surface area contributed by atoms with Gasteiger partial charge in [-0.25, -0.2) is 18.2 Å². The van der Waals surface area contributed by atoms with Gasteiger partial charge in [-0.05, 0) is 99.9 Å². The van der Waals surface area contributed by atoms with E-state index in [0.29, 0.717) is 61.9 Å². The van der Waals surface area contributed by atoms with Gasteiger partial charge in [0, 0.05) is 69.0 Å². The lowest BCUT2D eigenvalue weighted by Gasteiger charge is -2.47. The van der Waals surface area contributed by atoms with Crippen molar-refractivity contribution in [3.8, 4) is 0 Å². The van der Waals surface area contributed by atoms with E-state index in [1.807, 2.05) is 25.1 Å². The molecule has 1 spiro atoms. The van der Waals surface area contributed by atoms with Crippen LogP contribution >= 0.6 is 0 Å².